The smallest absolute Gasteiger partial charge is 0.329 e. The van der Waals surface area contributed by atoms with Crippen molar-refractivity contribution in [2.45, 2.75) is 37.8 Å². The molecule has 0 saturated heterocycles. The van der Waals surface area contributed by atoms with Gasteiger partial charge >= 0.3 is 6.18 Å². The van der Waals surface area contributed by atoms with Gasteiger partial charge in [-0.1, -0.05) is 39.0 Å². The highest BCUT2D eigenvalue weighted by molar-refractivity contribution is 14.1. The average Bonchev–Trinajstić information content (AvgIpc) is 3.18. The van der Waals surface area contributed by atoms with E-state index in [-0.39, 0.29) is 16.5 Å². The lowest BCUT2D eigenvalue weighted by Gasteiger charge is -2.31. The summed E-state index contributed by atoms with van der Waals surface area (Å²) in [6.45, 7) is 5.21. The number of benzene rings is 1. The Morgan fingerprint density at radius 3 is 2.23 bits per heavy atom. The van der Waals surface area contributed by atoms with Crippen LogP contribution in [0.3, 0.4) is 0 Å². The van der Waals surface area contributed by atoms with Crippen molar-refractivity contribution in [3.63, 3.8) is 0 Å². The lowest BCUT2D eigenvalue weighted by molar-refractivity contribution is -0.174. The van der Waals surface area contributed by atoms with Gasteiger partial charge in [-0.3, -0.25) is 4.79 Å². The fourth-order valence-corrected chi connectivity index (χ4v) is 5.32. The number of carbonyl (C=O) groups is 1. The van der Waals surface area contributed by atoms with Crippen LogP contribution in [0.15, 0.2) is 50.6 Å². The molecule has 2 aliphatic carbocycles. The Morgan fingerprint density at radius 1 is 1.17 bits per heavy atom. The standard InChI is InChI=1S/C20H22F3IN2O3S/c1-10-13(24)8-9-14(15(10)20(21,22)23)26-18(27)17-16(19(17,2)3)11-4-6-12(7-5-11)30(25,28)29/h4-10,15-17H,1-3H3,(H,26,27)(H2,25,28,29)/t10?,15?,16-,17+/m0/s1. The Labute approximate surface area is 187 Å². The molecule has 5 nitrogen and oxygen atoms in total. The van der Waals surface area contributed by atoms with E-state index in [4.69, 9.17) is 5.14 Å². The van der Waals surface area contributed by atoms with Crippen molar-refractivity contribution < 1.29 is 26.4 Å². The molecular formula is C20H22F3IN2O3S. The minimum Gasteiger partial charge on any atom is -0.329 e. The molecule has 1 fully saturated rings. The molecule has 1 amide bonds. The molecule has 0 aromatic heterocycles. The maximum Gasteiger partial charge on any atom is 0.397 e. The molecule has 30 heavy (non-hydrogen) atoms. The number of sulfonamides is 1. The van der Waals surface area contributed by atoms with Crippen LogP contribution in [-0.2, 0) is 14.8 Å². The van der Waals surface area contributed by atoms with E-state index in [9.17, 15) is 26.4 Å². The molecule has 0 bridgehead atoms. The summed E-state index contributed by atoms with van der Waals surface area (Å²) in [6, 6.07) is 5.91. The van der Waals surface area contributed by atoms with Crippen LogP contribution < -0.4 is 10.5 Å². The van der Waals surface area contributed by atoms with E-state index in [0.717, 1.165) is 5.56 Å². The van der Waals surface area contributed by atoms with Crippen LogP contribution in [0.4, 0.5) is 13.2 Å². The van der Waals surface area contributed by atoms with Crippen LogP contribution in [-0.4, -0.2) is 20.5 Å². The first-order valence-corrected chi connectivity index (χ1v) is 11.9. The van der Waals surface area contributed by atoms with Gasteiger partial charge in [0.1, 0.15) is 5.92 Å². The Hall–Kier alpha value is -1.40. The zero-order chi connectivity index (χ0) is 22.6. The van der Waals surface area contributed by atoms with Crippen LogP contribution in [0.2, 0.25) is 0 Å². The fourth-order valence-electron chi connectivity index (χ4n) is 4.27. The number of hydrogen-bond acceptors (Lipinski definition) is 3. The van der Waals surface area contributed by atoms with Gasteiger partial charge in [0, 0.05) is 17.5 Å². The highest BCUT2D eigenvalue weighted by Crippen LogP contribution is 2.64. The van der Waals surface area contributed by atoms with Crippen LogP contribution >= 0.6 is 22.6 Å². The topological polar surface area (TPSA) is 89.3 Å². The Bertz CT molecular complexity index is 1030. The van der Waals surface area contributed by atoms with Gasteiger partial charge in [-0.15, -0.1) is 0 Å². The molecule has 4 atom stereocenters. The maximum absolute atomic E-state index is 13.6. The van der Waals surface area contributed by atoms with E-state index >= 15 is 0 Å². The molecule has 0 aliphatic heterocycles. The summed E-state index contributed by atoms with van der Waals surface area (Å²) in [6.07, 6.45) is -1.57. The Balaban J connectivity index is 1.82. The van der Waals surface area contributed by atoms with Crippen molar-refractivity contribution >= 4 is 38.5 Å². The second-order valence-electron chi connectivity index (χ2n) is 8.36. The van der Waals surface area contributed by atoms with E-state index in [1.807, 2.05) is 36.4 Å². The van der Waals surface area contributed by atoms with E-state index in [1.165, 1.54) is 25.1 Å². The molecule has 2 unspecified atom stereocenters. The maximum atomic E-state index is 13.6. The fraction of sp³-hybridized carbons (Fsp3) is 0.450. The van der Waals surface area contributed by atoms with Crippen LogP contribution in [0.25, 0.3) is 0 Å². The first kappa shape index (κ1) is 23.3. The van der Waals surface area contributed by atoms with Crippen LogP contribution in [0, 0.1) is 23.2 Å². The molecule has 1 aromatic carbocycles. The molecule has 2 aliphatic rings. The van der Waals surface area contributed by atoms with Gasteiger partial charge in [0.25, 0.3) is 0 Å². The van der Waals surface area contributed by atoms with Crippen LogP contribution in [0.1, 0.15) is 32.3 Å². The summed E-state index contributed by atoms with van der Waals surface area (Å²) >= 11 is 1.88. The number of primary sulfonamides is 1. The number of alkyl halides is 3. The Kier molecular flexibility index (Phi) is 5.92. The number of nitrogens with two attached hydrogens (primary N) is 1. The highest BCUT2D eigenvalue weighted by atomic mass is 127. The van der Waals surface area contributed by atoms with E-state index in [1.54, 1.807) is 18.2 Å². The van der Waals surface area contributed by atoms with Gasteiger partial charge in [0.2, 0.25) is 15.9 Å². The third-order valence-corrected chi connectivity index (χ3v) is 8.26. The molecule has 0 spiro atoms. The van der Waals surface area contributed by atoms with E-state index < -0.39 is 45.3 Å². The van der Waals surface area contributed by atoms with Gasteiger partial charge in [-0.05, 0) is 55.4 Å². The third kappa shape index (κ3) is 4.31. The van der Waals surface area contributed by atoms with Crippen molar-refractivity contribution in [1.29, 1.82) is 0 Å². The molecular weight excluding hydrogens is 532 g/mol. The zero-order valence-corrected chi connectivity index (χ0v) is 19.5. The first-order chi connectivity index (χ1) is 13.7. The normalized spacial score (nSPS) is 28.4. The van der Waals surface area contributed by atoms with Crippen molar-refractivity contribution in [2.24, 2.45) is 28.3 Å². The number of carbonyl (C=O) groups excluding carboxylic acids is 1. The lowest BCUT2D eigenvalue weighted by Crippen LogP contribution is -2.40. The summed E-state index contributed by atoms with van der Waals surface area (Å²) < 4.78 is 64.3. The van der Waals surface area contributed by atoms with Crippen molar-refractivity contribution in [3.05, 3.63) is 51.3 Å². The number of nitrogens with one attached hydrogen (secondary N) is 1. The average molecular weight is 554 g/mol. The number of allylic oxidation sites excluding steroid dienone is 4. The van der Waals surface area contributed by atoms with Crippen molar-refractivity contribution in [1.82, 2.24) is 5.32 Å². The summed E-state index contributed by atoms with van der Waals surface area (Å²) in [5.74, 6) is -3.80. The molecule has 164 valence electrons. The summed E-state index contributed by atoms with van der Waals surface area (Å²) in [4.78, 5) is 12.9. The SMILES string of the molecule is CC1C(I)=CC=C(NC(=O)[C@H]2[C@H](c3ccc(S(N)(=O)=O)cc3)C2(C)C)C1C(F)(F)F. The highest BCUT2D eigenvalue weighted by Gasteiger charge is 2.62. The van der Waals surface area contributed by atoms with Gasteiger partial charge < -0.3 is 5.32 Å². The second-order valence-corrected chi connectivity index (χ2v) is 11.2. The molecule has 3 N–H and O–H groups in total. The Morgan fingerprint density at radius 2 is 1.73 bits per heavy atom. The number of amides is 1. The largest absolute Gasteiger partial charge is 0.397 e. The van der Waals surface area contributed by atoms with Crippen LogP contribution in [0.5, 0.6) is 0 Å². The molecule has 3 rings (SSSR count). The van der Waals surface area contributed by atoms with Gasteiger partial charge in [-0.2, -0.15) is 13.2 Å². The minimum absolute atomic E-state index is 0.0403. The molecule has 10 heteroatoms. The first-order valence-electron chi connectivity index (χ1n) is 9.23. The van der Waals surface area contributed by atoms with Gasteiger partial charge in [0.05, 0.1) is 10.8 Å². The number of rotatable bonds is 4. The number of hydrogen-bond donors (Lipinski definition) is 2. The summed E-state index contributed by atoms with van der Waals surface area (Å²) in [7, 11) is -3.83. The van der Waals surface area contributed by atoms with Gasteiger partial charge in [0.15, 0.2) is 0 Å². The molecule has 0 heterocycles. The monoisotopic (exact) mass is 554 g/mol. The second kappa shape index (κ2) is 7.63. The predicted octanol–water partition coefficient (Wildman–Crippen LogP) is 4.22. The lowest BCUT2D eigenvalue weighted by atomic mass is 9.86. The molecule has 1 saturated carbocycles. The zero-order valence-electron chi connectivity index (χ0n) is 16.5. The predicted molar refractivity (Wildman–Crippen MR) is 115 cm³/mol. The minimum atomic E-state index is -4.48. The van der Waals surface area contributed by atoms with E-state index in [2.05, 4.69) is 5.32 Å². The summed E-state index contributed by atoms with van der Waals surface area (Å²) in [5, 5.41) is 7.62. The quantitative estimate of drug-likeness (QED) is 0.547. The molecule has 1 aromatic rings. The number of halogens is 4. The third-order valence-electron chi connectivity index (χ3n) is 5.99. The summed E-state index contributed by atoms with van der Waals surface area (Å²) in [5.41, 5.74) is 0.109. The van der Waals surface area contributed by atoms with Crippen molar-refractivity contribution in [3.8, 4) is 0 Å². The molecule has 0 radical (unpaired) electrons. The van der Waals surface area contributed by atoms with Gasteiger partial charge in [-0.25, -0.2) is 13.6 Å². The van der Waals surface area contributed by atoms with Crippen molar-refractivity contribution in [2.75, 3.05) is 0 Å². The van der Waals surface area contributed by atoms with E-state index in [0.29, 0.717) is 3.58 Å².